The number of piperidine rings is 1. The van der Waals surface area contributed by atoms with Crippen LogP contribution in [0.1, 0.15) is 33.1 Å². The second-order valence-corrected chi connectivity index (χ2v) is 3.90. The van der Waals surface area contributed by atoms with E-state index in [1.54, 1.807) is 6.92 Å². The molecule has 0 bridgehead atoms. The molecule has 0 aromatic heterocycles. The molecule has 1 aliphatic heterocycles. The molecule has 0 atom stereocenters. The third-order valence-electron chi connectivity index (χ3n) is 2.89. The highest BCUT2D eigenvalue weighted by Crippen LogP contribution is 2.17. The number of Topliss-reactive ketones (excluding diaryl/α,β-unsaturated/α-hetero) is 1. The Kier molecular flexibility index (Phi) is 4.69. The van der Waals surface area contributed by atoms with E-state index in [0.717, 1.165) is 38.9 Å². The Hall–Kier alpha value is -0.810. The van der Waals surface area contributed by atoms with Crippen LogP contribution in [-0.4, -0.2) is 30.3 Å². The van der Waals surface area contributed by atoms with Gasteiger partial charge in [0.15, 0.2) is 0 Å². The van der Waals surface area contributed by atoms with E-state index in [0.29, 0.717) is 11.7 Å². The molecule has 14 heavy (non-hydrogen) atoms. The molecule has 1 aliphatic rings. The Morgan fingerprint density at radius 3 is 2.57 bits per heavy atom. The maximum Gasteiger partial charge on any atom is 0.133 e. The number of likely N-dealkylation sites (tertiary alicyclic amines) is 1. The predicted molar refractivity (Wildman–Crippen MR) is 57.9 cm³/mol. The van der Waals surface area contributed by atoms with Crippen molar-refractivity contribution in [2.75, 3.05) is 19.6 Å². The Morgan fingerprint density at radius 1 is 1.43 bits per heavy atom. The second kappa shape index (κ2) is 5.82. The van der Waals surface area contributed by atoms with Gasteiger partial charge in [-0.2, -0.15) is 0 Å². The zero-order valence-corrected chi connectivity index (χ0v) is 9.18. The van der Waals surface area contributed by atoms with Gasteiger partial charge in [0.25, 0.3) is 0 Å². The van der Waals surface area contributed by atoms with Crippen LogP contribution in [0.3, 0.4) is 0 Å². The van der Waals surface area contributed by atoms with E-state index in [1.165, 1.54) is 0 Å². The maximum atomic E-state index is 11.1. The van der Waals surface area contributed by atoms with E-state index >= 15 is 0 Å². The van der Waals surface area contributed by atoms with E-state index in [1.807, 2.05) is 6.92 Å². The van der Waals surface area contributed by atoms with E-state index in [-0.39, 0.29) is 0 Å². The summed E-state index contributed by atoms with van der Waals surface area (Å²) >= 11 is 0. The topological polar surface area (TPSA) is 20.3 Å². The van der Waals surface area contributed by atoms with Crippen molar-refractivity contribution in [2.24, 2.45) is 5.92 Å². The first-order chi connectivity index (χ1) is 6.74. The summed E-state index contributed by atoms with van der Waals surface area (Å²) < 4.78 is 0. The van der Waals surface area contributed by atoms with Gasteiger partial charge < -0.3 is 4.90 Å². The first-order valence-electron chi connectivity index (χ1n) is 5.36. The van der Waals surface area contributed by atoms with Crippen molar-refractivity contribution in [3.8, 4) is 11.8 Å². The monoisotopic (exact) mass is 193 g/mol. The van der Waals surface area contributed by atoms with Crippen LogP contribution < -0.4 is 0 Å². The molecule has 2 heteroatoms. The van der Waals surface area contributed by atoms with Crippen molar-refractivity contribution >= 4 is 5.78 Å². The van der Waals surface area contributed by atoms with E-state index < -0.39 is 0 Å². The third kappa shape index (κ3) is 3.51. The van der Waals surface area contributed by atoms with E-state index in [9.17, 15) is 4.79 Å². The Bertz CT molecular complexity index is 241. The summed E-state index contributed by atoms with van der Waals surface area (Å²) in [6.07, 6.45) is 3.03. The molecule has 78 valence electrons. The highest BCUT2D eigenvalue weighted by atomic mass is 16.1. The maximum absolute atomic E-state index is 11.1. The molecule has 0 radical (unpaired) electrons. The normalized spacial score (nSPS) is 18.7. The average molecular weight is 193 g/mol. The number of ketones is 1. The van der Waals surface area contributed by atoms with Gasteiger partial charge in [-0.1, -0.05) is 0 Å². The number of carbonyl (C=O) groups is 1. The fourth-order valence-electron chi connectivity index (χ4n) is 1.90. The summed E-state index contributed by atoms with van der Waals surface area (Å²) in [5, 5.41) is 0. The molecule has 0 amide bonds. The Labute approximate surface area is 86.7 Å². The van der Waals surface area contributed by atoms with Crippen molar-refractivity contribution in [2.45, 2.75) is 33.1 Å². The Morgan fingerprint density at radius 2 is 2.07 bits per heavy atom. The molecule has 0 aliphatic carbocycles. The highest BCUT2D eigenvalue weighted by molar-refractivity contribution is 5.78. The van der Waals surface area contributed by atoms with Gasteiger partial charge in [-0.3, -0.25) is 4.79 Å². The van der Waals surface area contributed by atoms with Crippen molar-refractivity contribution < 1.29 is 4.79 Å². The van der Waals surface area contributed by atoms with Gasteiger partial charge in [-0.25, -0.2) is 0 Å². The summed E-state index contributed by atoms with van der Waals surface area (Å²) in [7, 11) is 0. The predicted octanol–water partition coefficient (Wildman–Crippen LogP) is 1.70. The summed E-state index contributed by atoms with van der Waals surface area (Å²) in [6, 6.07) is 0. The third-order valence-corrected chi connectivity index (χ3v) is 2.89. The van der Waals surface area contributed by atoms with Crippen LogP contribution in [0.2, 0.25) is 0 Å². The molecule has 0 N–H and O–H groups in total. The van der Waals surface area contributed by atoms with Crippen LogP contribution in [0, 0.1) is 17.8 Å². The van der Waals surface area contributed by atoms with Crippen molar-refractivity contribution in [1.29, 1.82) is 0 Å². The summed E-state index contributed by atoms with van der Waals surface area (Å²) in [4.78, 5) is 13.5. The fourth-order valence-corrected chi connectivity index (χ4v) is 1.90. The summed E-state index contributed by atoms with van der Waals surface area (Å²) in [5.74, 6) is 6.66. The first-order valence-corrected chi connectivity index (χ1v) is 5.36. The van der Waals surface area contributed by atoms with Crippen LogP contribution in [-0.2, 0) is 4.79 Å². The fraction of sp³-hybridized carbons (Fsp3) is 0.750. The second-order valence-electron chi connectivity index (χ2n) is 3.90. The van der Waals surface area contributed by atoms with Gasteiger partial charge in [-0.15, -0.1) is 11.8 Å². The highest BCUT2D eigenvalue weighted by Gasteiger charge is 2.21. The molecule has 1 rings (SSSR count). The minimum Gasteiger partial charge on any atom is -0.302 e. The van der Waals surface area contributed by atoms with Gasteiger partial charge in [0.2, 0.25) is 0 Å². The molecule has 1 heterocycles. The van der Waals surface area contributed by atoms with E-state index in [2.05, 4.69) is 16.7 Å². The van der Waals surface area contributed by atoms with Gasteiger partial charge in [0.05, 0.1) is 0 Å². The standard InChI is InChI=1S/C12H19NO/c1-3-4-5-8-13-9-6-12(7-10-13)11(2)14/h12H,5-10H2,1-2H3. The van der Waals surface area contributed by atoms with Crippen molar-refractivity contribution in [3.63, 3.8) is 0 Å². The smallest absolute Gasteiger partial charge is 0.133 e. The van der Waals surface area contributed by atoms with Gasteiger partial charge in [0.1, 0.15) is 5.78 Å². The zero-order valence-electron chi connectivity index (χ0n) is 9.18. The lowest BCUT2D eigenvalue weighted by atomic mass is 9.93. The molecule has 1 saturated heterocycles. The number of carbonyl (C=O) groups excluding carboxylic acids is 1. The lowest BCUT2D eigenvalue weighted by Crippen LogP contribution is -2.36. The number of rotatable bonds is 3. The molecule has 1 fully saturated rings. The number of hydrogen-bond acceptors (Lipinski definition) is 2. The lowest BCUT2D eigenvalue weighted by molar-refractivity contribution is -0.122. The van der Waals surface area contributed by atoms with Crippen LogP contribution in [0.15, 0.2) is 0 Å². The molecule has 0 aromatic rings. The SMILES string of the molecule is CC#CCCN1CCC(C(C)=O)CC1. The van der Waals surface area contributed by atoms with Gasteiger partial charge >= 0.3 is 0 Å². The number of hydrogen-bond donors (Lipinski definition) is 0. The molecule has 2 nitrogen and oxygen atoms in total. The van der Waals surface area contributed by atoms with Crippen molar-refractivity contribution in [3.05, 3.63) is 0 Å². The largest absolute Gasteiger partial charge is 0.302 e. The van der Waals surface area contributed by atoms with E-state index in [4.69, 9.17) is 0 Å². The average Bonchev–Trinajstić information content (AvgIpc) is 2.19. The van der Waals surface area contributed by atoms with Crippen molar-refractivity contribution in [1.82, 2.24) is 4.90 Å². The molecule has 0 aromatic carbocycles. The van der Waals surface area contributed by atoms with Crippen LogP contribution >= 0.6 is 0 Å². The molecule has 0 spiro atoms. The molecular formula is C12H19NO. The summed E-state index contributed by atoms with van der Waals surface area (Å²) in [6.45, 7) is 6.78. The molecule has 0 unspecified atom stereocenters. The molecule has 0 saturated carbocycles. The number of nitrogens with zero attached hydrogens (tertiary/aromatic N) is 1. The van der Waals surface area contributed by atoms with Gasteiger partial charge in [0, 0.05) is 18.9 Å². The van der Waals surface area contributed by atoms with Crippen LogP contribution in [0.25, 0.3) is 0 Å². The minimum atomic E-state index is 0.323. The minimum absolute atomic E-state index is 0.323. The van der Waals surface area contributed by atoms with Crippen LogP contribution in [0.4, 0.5) is 0 Å². The lowest BCUT2D eigenvalue weighted by Gasteiger charge is -2.30. The first kappa shape index (κ1) is 11.3. The molecular weight excluding hydrogens is 174 g/mol. The quantitative estimate of drug-likeness (QED) is 0.636. The van der Waals surface area contributed by atoms with Gasteiger partial charge in [-0.05, 0) is 39.8 Å². The zero-order chi connectivity index (χ0) is 10.4. The van der Waals surface area contributed by atoms with Crippen LogP contribution in [0.5, 0.6) is 0 Å². The Balaban J connectivity index is 2.21. The summed E-state index contributed by atoms with van der Waals surface area (Å²) in [5.41, 5.74) is 0.